The molecular formula is C42H52N12O5. The number of aromatic nitrogens is 8. The molecule has 6 rings (SSSR count). The van der Waals surface area contributed by atoms with Gasteiger partial charge in [0.1, 0.15) is 5.69 Å². The summed E-state index contributed by atoms with van der Waals surface area (Å²) in [4.78, 5) is 59.1. The van der Waals surface area contributed by atoms with E-state index in [2.05, 4.69) is 27.3 Å². The number of ether oxygens (including phenoxy) is 1. The molecule has 17 heteroatoms. The van der Waals surface area contributed by atoms with Crippen LogP contribution in [-0.2, 0) is 48.7 Å². The Morgan fingerprint density at radius 1 is 0.814 bits per heavy atom. The molecule has 0 aliphatic carbocycles. The van der Waals surface area contributed by atoms with Gasteiger partial charge in [-0.15, -0.1) is 6.58 Å². The number of nitrogens with zero attached hydrogens (tertiary/aromatic N) is 8. The number of benzene rings is 2. The molecule has 0 unspecified atom stereocenters. The number of carbonyl (C=O) groups is 4. The number of fused-ring (bicyclic) bond motifs is 2. The first kappa shape index (κ1) is 41.8. The lowest BCUT2D eigenvalue weighted by atomic mass is 10.0. The number of rotatable bonds is 21. The SMILES string of the molecule is C=CCn1c(NC(=O)c2c(CCCCCn3nc(C)cc3CNc3nc4cc(C(N)=O)ccc4n3CCCC(=O)OCC)c(C)nn2CC)nc2cc(C(N)=O)ccc21. The number of aryl methyl sites for hydroxylation is 5. The standard InChI is InChI=1S/C42H52N12O5/c1-6-19-51-34-17-15-29(39(44)57)24-33(34)47-42(51)48-40(58)37-31(27(5)50-53(37)7-2)13-10-9-11-21-54-30(22-26(4)49-54)25-45-41-46-32-23-28(38(43)56)16-18-35(32)52(41)20-12-14-36(55)59-8-3/h6,15-18,22-24H,1,7-14,19-21,25H2,2-5H3,(H2,43,56)(H2,44,57)(H,45,46)(H,47,48,58). The summed E-state index contributed by atoms with van der Waals surface area (Å²) in [6, 6.07) is 12.2. The number of amides is 3. The van der Waals surface area contributed by atoms with E-state index in [4.69, 9.17) is 26.3 Å². The Balaban J connectivity index is 1.10. The monoisotopic (exact) mass is 804 g/mol. The van der Waals surface area contributed by atoms with E-state index in [1.54, 1.807) is 48.0 Å². The van der Waals surface area contributed by atoms with Crippen LogP contribution in [0.2, 0.25) is 0 Å². The molecule has 17 nitrogen and oxygen atoms in total. The maximum atomic E-state index is 13.9. The van der Waals surface area contributed by atoms with Crippen molar-refractivity contribution in [2.24, 2.45) is 11.5 Å². The van der Waals surface area contributed by atoms with Gasteiger partial charge >= 0.3 is 5.97 Å². The van der Waals surface area contributed by atoms with Gasteiger partial charge < -0.3 is 30.7 Å². The molecule has 0 aliphatic rings. The summed E-state index contributed by atoms with van der Waals surface area (Å²) in [5, 5.41) is 15.9. The van der Waals surface area contributed by atoms with Gasteiger partial charge in [-0.25, -0.2) is 9.97 Å². The lowest BCUT2D eigenvalue weighted by molar-refractivity contribution is -0.143. The minimum absolute atomic E-state index is 0.250. The molecule has 6 aromatic rings. The number of unbranched alkanes of at least 4 members (excludes halogenated alkanes) is 2. The van der Waals surface area contributed by atoms with Crippen molar-refractivity contribution in [2.45, 2.75) is 98.9 Å². The molecule has 0 aliphatic heterocycles. The average molecular weight is 805 g/mol. The number of hydrogen-bond acceptors (Lipinski definition) is 10. The van der Waals surface area contributed by atoms with Gasteiger partial charge in [-0.1, -0.05) is 12.5 Å². The topological polar surface area (TPSA) is 225 Å². The molecular weight excluding hydrogens is 753 g/mol. The number of nitrogens with one attached hydrogen (secondary N) is 2. The summed E-state index contributed by atoms with van der Waals surface area (Å²) in [5.41, 5.74) is 18.5. The zero-order chi connectivity index (χ0) is 42.2. The molecule has 0 fully saturated rings. The third kappa shape index (κ3) is 9.51. The highest BCUT2D eigenvalue weighted by molar-refractivity contribution is 6.04. The van der Waals surface area contributed by atoms with Crippen molar-refractivity contribution >= 4 is 57.7 Å². The number of primary amides is 2. The van der Waals surface area contributed by atoms with Crippen molar-refractivity contribution in [3.63, 3.8) is 0 Å². The number of carbonyl (C=O) groups excluding carboxylic acids is 4. The van der Waals surface area contributed by atoms with Gasteiger partial charge in [0, 0.05) is 49.3 Å². The molecule has 0 bridgehead atoms. The van der Waals surface area contributed by atoms with Crippen molar-refractivity contribution in [2.75, 3.05) is 17.2 Å². The number of nitrogens with two attached hydrogens (primary N) is 2. The fourth-order valence-electron chi connectivity index (χ4n) is 7.36. The quantitative estimate of drug-likeness (QED) is 0.0411. The first-order valence-electron chi connectivity index (χ1n) is 19.9. The van der Waals surface area contributed by atoms with Gasteiger partial charge in [0.2, 0.25) is 23.7 Å². The molecule has 0 saturated carbocycles. The van der Waals surface area contributed by atoms with Crippen LogP contribution >= 0.6 is 0 Å². The van der Waals surface area contributed by atoms with Crippen LogP contribution in [0.15, 0.2) is 55.1 Å². The van der Waals surface area contributed by atoms with Crippen LogP contribution in [0.1, 0.15) is 99.8 Å². The van der Waals surface area contributed by atoms with Crippen molar-refractivity contribution in [3.05, 3.63) is 94.6 Å². The summed E-state index contributed by atoms with van der Waals surface area (Å²) < 4.78 is 12.7. The second-order valence-electron chi connectivity index (χ2n) is 14.3. The van der Waals surface area contributed by atoms with Crippen molar-refractivity contribution < 1.29 is 23.9 Å². The van der Waals surface area contributed by atoms with E-state index in [-0.39, 0.29) is 18.3 Å². The highest BCUT2D eigenvalue weighted by atomic mass is 16.5. The predicted molar refractivity (Wildman–Crippen MR) is 225 cm³/mol. The molecule has 0 radical (unpaired) electrons. The Morgan fingerprint density at radius 2 is 1.49 bits per heavy atom. The largest absolute Gasteiger partial charge is 0.466 e. The first-order chi connectivity index (χ1) is 28.4. The average Bonchev–Trinajstić information content (AvgIpc) is 3.94. The maximum absolute atomic E-state index is 13.9. The van der Waals surface area contributed by atoms with Crippen LogP contribution in [0.25, 0.3) is 22.1 Å². The minimum atomic E-state index is -0.558. The Kier molecular flexibility index (Phi) is 13.2. The highest BCUT2D eigenvalue weighted by Crippen LogP contribution is 2.25. The minimum Gasteiger partial charge on any atom is -0.466 e. The fraction of sp³-hybridized carbons (Fsp3) is 0.381. The van der Waals surface area contributed by atoms with Crippen LogP contribution < -0.4 is 22.1 Å². The second-order valence-corrected chi connectivity index (χ2v) is 14.3. The Morgan fingerprint density at radius 3 is 2.14 bits per heavy atom. The number of esters is 1. The lowest BCUT2D eigenvalue weighted by Gasteiger charge is -2.12. The van der Waals surface area contributed by atoms with Gasteiger partial charge in [-0.05, 0) is 95.8 Å². The third-order valence-electron chi connectivity index (χ3n) is 10.1. The van der Waals surface area contributed by atoms with Gasteiger partial charge in [-0.3, -0.25) is 33.9 Å². The molecule has 0 saturated heterocycles. The second kappa shape index (κ2) is 18.7. The lowest BCUT2D eigenvalue weighted by Crippen LogP contribution is -2.21. The first-order valence-corrected chi connectivity index (χ1v) is 19.9. The molecule has 2 aromatic carbocycles. The van der Waals surface area contributed by atoms with Crippen LogP contribution in [0, 0.1) is 13.8 Å². The van der Waals surface area contributed by atoms with Crippen molar-refractivity contribution in [1.29, 1.82) is 0 Å². The van der Waals surface area contributed by atoms with Crippen molar-refractivity contribution in [1.82, 2.24) is 38.7 Å². The van der Waals surface area contributed by atoms with Crippen LogP contribution in [0.5, 0.6) is 0 Å². The summed E-state index contributed by atoms with van der Waals surface area (Å²) in [6.45, 7) is 14.4. The predicted octanol–water partition coefficient (Wildman–Crippen LogP) is 5.42. The molecule has 4 aromatic heterocycles. The van der Waals surface area contributed by atoms with E-state index in [1.807, 2.05) is 46.7 Å². The number of hydrogen-bond donors (Lipinski definition) is 4. The van der Waals surface area contributed by atoms with Gasteiger partial charge in [0.05, 0.1) is 52.3 Å². The van der Waals surface area contributed by atoms with Gasteiger partial charge in [-0.2, -0.15) is 10.2 Å². The van der Waals surface area contributed by atoms with Crippen LogP contribution in [0.3, 0.4) is 0 Å². The highest BCUT2D eigenvalue weighted by Gasteiger charge is 2.24. The third-order valence-corrected chi connectivity index (χ3v) is 10.1. The van der Waals surface area contributed by atoms with Crippen molar-refractivity contribution in [3.8, 4) is 0 Å². The normalized spacial score (nSPS) is 11.3. The summed E-state index contributed by atoms with van der Waals surface area (Å²) >= 11 is 0. The fourth-order valence-corrected chi connectivity index (χ4v) is 7.36. The van der Waals surface area contributed by atoms with E-state index in [1.165, 1.54) is 0 Å². The van der Waals surface area contributed by atoms with Crippen LogP contribution in [0.4, 0.5) is 11.9 Å². The summed E-state index contributed by atoms with van der Waals surface area (Å²) in [6.07, 6.45) is 5.78. The molecule has 4 heterocycles. The van der Waals surface area contributed by atoms with E-state index in [0.717, 1.165) is 52.9 Å². The Labute approximate surface area is 341 Å². The number of imidazole rings is 2. The maximum Gasteiger partial charge on any atom is 0.305 e. The van der Waals surface area contributed by atoms with E-state index in [9.17, 15) is 19.2 Å². The zero-order valence-electron chi connectivity index (χ0n) is 34.1. The molecule has 6 N–H and O–H groups in total. The Hall–Kier alpha value is -6.78. The zero-order valence-corrected chi connectivity index (χ0v) is 34.1. The van der Waals surface area contributed by atoms with E-state index >= 15 is 0 Å². The summed E-state index contributed by atoms with van der Waals surface area (Å²) in [7, 11) is 0. The molecule has 310 valence electrons. The molecule has 0 spiro atoms. The molecule has 0 atom stereocenters. The van der Waals surface area contributed by atoms with Gasteiger partial charge in [0.25, 0.3) is 5.91 Å². The number of allylic oxidation sites excluding steroid dienone is 1. The van der Waals surface area contributed by atoms with Crippen LogP contribution in [-0.4, -0.2) is 69.0 Å². The van der Waals surface area contributed by atoms with Gasteiger partial charge in [0.15, 0.2) is 0 Å². The summed E-state index contributed by atoms with van der Waals surface area (Å²) in [5.74, 6) is -0.715. The Bertz CT molecular complexity index is 2520. The van der Waals surface area contributed by atoms with E-state index in [0.29, 0.717) is 91.9 Å². The molecule has 59 heavy (non-hydrogen) atoms. The smallest absolute Gasteiger partial charge is 0.305 e. The van der Waals surface area contributed by atoms with E-state index < -0.39 is 11.8 Å². The number of anilines is 2. The molecule has 3 amide bonds.